The summed E-state index contributed by atoms with van der Waals surface area (Å²) in [5.41, 5.74) is 3.66. The Kier molecular flexibility index (Phi) is 6.40. The van der Waals surface area contributed by atoms with E-state index < -0.39 is 6.29 Å². The number of nitrogens with two attached hydrogens (primary N) is 1. The monoisotopic (exact) mass is 322 g/mol. The number of halogens is 2. The second-order valence-corrected chi connectivity index (χ2v) is 4.88. The average Bonchev–Trinajstić information content (AvgIpc) is 2.32. The molecule has 1 rings (SSSR count). The molecule has 0 bridgehead atoms. The van der Waals surface area contributed by atoms with Gasteiger partial charge in [0.05, 0.1) is 6.04 Å². The van der Waals surface area contributed by atoms with Gasteiger partial charge in [0.25, 0.3) is 0 Å². The van der Waals surface area contributed by atoms with Gasteiger partial charge in [-0.05, 0) is 24.1 Å². The molecule has 1 aromatic carbocycles. The first-order valence-electron chi connectivity index (χ1n) is 5.08. The standard InChI is InChI=1S/C11H16BrClN2O2/c1-16-11(17-2)10(15-14)5-7-3-4-8(12)6-9(7)13/h3-4,6,10-11,15H,5,14H2,1-2H3. The Hall–Kier alpha value is -0.170. The SMILES string of the molecule is COC(OC)C(Cc1ccc(Br)cc1Cl)NN. The third kappa shape index (κ3) is 4.21. The second-order valence-electron chi connectivity index (χ2n) is 3.55. The Balaban J connectivity index is 2.80. The van der Waals surface area contributed by atoms with Crippen molar-refractivity contribution in [1.29, 1.82) is 0 Å². The third-order valence-electron chi connectivity index (χ3n) is 2.46. The van der Waals surface area contributed by atoms with Crippen LogP contribution in [0.3, 0.4) is 0 Å². The predicted octanol–water partition coefficient (Wildman–Crippen LogP) is 2.10. The average molecular weight is 324 g/mol. The summed E-state index contributed by atoms with van der Waals surface area (Å²) in [5.74, 6) is 5.49. The van der Waals surface area contributed by atoms with Gasteiger partial charge in [-0.1, -0.05) is 33.6 Å². The Morgan fingerprint density at radius 3 is 2.53 bits per heavy atom. The third-order valence-corrected chi connectivity index (χ3v) is 3.31. The first-order valence-corrected chi connectivity index (χ1v) is 6.25. The lowest BCUT2D eigenvalue weighted by molar-refractivity contribution is -0.122. The highest BCUT2D eigenvalue weighted by molar-refractivity contribution is 9.10. The summed E-state index contributed by atoms with van der Waals surface area (Å²) in [7, 11) is 3.14. The van der Waals surface area contributed by atoms with Crippen molar-refractivity contribution in [2.24, 2.45) is 5.84 Å². The zero-order valence-electron chi connectivity index (χ0n) is 9.74. The number of hydrogen-bond acceptors (Lipinski definition) is 4. The number of methoxy groups -OCH3 is 2. The minimum atomic E-state index is -0.417. The van der Waals surface area contributed by atoms with Crippen LogP contribution in [0.4, 0.5) is 0 Å². The van der Waals surface area contributed by atoms with Crippen molar-refractivity contribution >= 4 is 27.5 Å². The van der Waals surface area contributed by atoms with Gasteiger partial charge in [0.2, 0.25) is 0 Å². The van der Waals surface area contributed by atoms with Crippen LogP contribution in [0.25, 0.3) is 0 Å². The molecular formula is C11H16BrClN2O2. The summed E-state index contributed by atoms with van der Waals surface area (Å²) in [4.78, 5) is 0. The van der Waals surface area contributed by atoms with Gasteiger partial charge < -0.3 is 9.47 Å². The van der Waals surface area contributed by atoms with Crippen molar-refractivity contribution < 1.29 is 9.47 Å². The van der Waals surface area contributed by atoms with E-state index >= 15 is 0 Å². The molecule has 1 unspecified atom stereocenters. The van der Waals surface area contributed by atoms with E-state index in [1.165, 1.54) is 0 Å². The summed E-state index contributed by atoms with van der Waals surface area (Å²) in [5, 5.41) is 0.686. The van der Waals surface area contributed by atoms with Crippen molar-refractivity contribution in [2.75, 3.05) is 14.2 Å². The van der Waals surface area contributed by atoms with E-state index in [4.69, 9.17) is 26.9 Å². The molecule has 4 nitrogen and oxygen atoms in total. The van der Waals surface area contributed by atoms with Gasteiger partial charge in [0.15, 0.2) is 6.29 Å². The Bertz CT molecular complexity index is 361. The second kappa shape index (κ2) is 7.31. The fourth-order valence-electron chi connectivity index (χ4n) is 1.58. The minimum Gasteiger partial charge on any atom is -0.354 e. The summed E-state index contributed by atoms with van der Waals surface area (Å²) in [6.45, 7) is 0. The number of benzene rings is 1. The molecule has 0 amide bonds. The fourth-order valence-corrected chi connectivity index (χ4v) is 2.33. The lowest BCUT2D eigenvalue weighted by atomic mass is 10.1. The molecular weight excluding hydrogens is 307 g/mol. The van der Waals surface area contributed by atoms with E-state index in [9.17, 15) is 0 Å². The maximum atomic E-state index is 6.14. The van der Waals surface area contributed by atoms with Crippen molar-refractivity contribution in [1.82, 2.24) is 5.43 Å². The number of rotatable bonds is 6. The molecule has 1 aromatic rings. The van der Waals surface area contributed by atoms with Crippen molar-refractivity contribution in [3.63, 3.8) is 0 Å². The van der Waals surface area contributed by atoms with Crippen LogP contribution in [0.5, 0.6) is 0 Å². The number of ether oxygens (including phenoxy) is 2. The van der Waals surface area contributed by atoms with Gasteiger partial charge in [0, 0.05) is 23.7 Å². The summed E-state index contributed by atoms with van der Waals surface area (Å²) >= 11 is 9.50. The van der Waals surface area contributed by atoms with Crippen LogP contribution in [0.15, 0.2) is 22.7 Å². The quantitative estimate of drug-likeness (QED) is 0.478. The fraction of sp³-hybridized carbons (Fsp3) is 0.455. The zero-order valence-corrected chi connectivity index (χ0v) is 12.1. The van der Waals surface area contributed by atoms with E-state index in [0.29, 0.717) is 11.4 Å². The first kappa shape index (κ1) is 14.9. The lowest BCUT2D eigenvalue weighted by Crippen LogP contribution is -2.47. The molecule has 0 aromatic heterocycles. The number of hydrogen-bond donors (Lipinski definition) is 2. The molecule has 96 valence electrons. The molecule has 1 atom stereocenters. The van der Waals surface area contributed by atoms with Gasteiger partial charge in [-0.3, -0.25) is 11.3 Å². The molecule has 0 heterocycles. The van der Waals surface area contributed by atoms with Crippen LogP contribution in [0.2, 0.25) is 5.02 Å². The summed E-state index contributed by atoms with van der Waals surface area (Å²) in [6, 6.07) is 5.56. The highest BCUT2D eigenvalue weighted by Gasteiger charge is 2.20. The molecule has 0 saturated heterocycles. The van der Waals surface area contributed by atoms with Gasteiger partial charge in [-0.15, -0.1) is 0 Å². The Morgan fingerprint density at radius 1 is 1.41 bits per heavy atom. The zero-order chi connectivity index (χ0) is 12.8. The molecule has 0 saturated carbocycles. The molecule has 0 aliphatic rings. The van der Waals surface area contributed by atoms with E-state index in [1.807, 2.05) is 18.2 Å². The summed E-state index contributed by atoms with van der Waals surface area (Å²) in [6.07, 6.45) is 0.203. The van der Waals surface area contributed by atoms with Crippen LogP contribution in [-0.2, 0) is 15.9 Å². The highest BCUT2D eigenvalue weighted by atomic mass is 79.9. The van der Waals surface area contributed by atoms with Crippen molar-refractivity contribution in [3.05, 3.63) is 33.3 Å². The maximum Gasteiger partial charge on any atom is 0.173 e. The molecule has 17 heavy (non-hydrogen) atoms. The van der Waals surface area contributed by atoms with Crippen LogP contribution in [0.1, 0.15) is 5.56 Å². The van der Waals surface area contributed by atoms with Crippen LogP contribution in [0, 0.1) is 0 Å². The largest absolute Gasteiger partial charge is 0.354 e. The van der Waals surface area contributed by atoms with E-state index in [2.05, 4.69) is 21.4 Å². The van der Waals surface area contributed by atoms with Gasteiger partial charge >= 0.3 is 0 Å². The predicted molar refractivity (Wildman–Crippen MR) is 71.8 cm³/mol. The van der Waals surface area contributed by atoms with Gasteiger partial charge in [-0.2, -0.15) is 0 Å². The molecule has 6 heteroatoms. The van der Waals surface area contributed by atoms with Crippen LogP contribution < -0.4 is 11.3 Å². The molecule has 0 aliphatic carbocycles. The normalized spacial score (nSPS) is 13.1. The van der Waals surface area contributed by atoms with Gasteiger partial charge in [0.1, 0.15) is 0 Å². The minimum absolute atomic E-state index is 0.163. The molecule has 0 fully saturated rings. The molecule has 0 radical (unpaired) electrons. The number of hydrazine groups is 1. The van der Waals surface area contributed by atoms with Gasteiger partial charge in [-0.25, -0.2) is 0 Å². The molecule has 0 spiro atoms. The van der Waals surface area contributed by atoms with E-state index in [1.54, 1.807) is 14.2 Å². The van der Waals surface area contributed by atoms with E-state index in [0.717, 1.165) is 10.0 Å². The lowest BCUT2D eigenvalue weighted by Gasteiger charge is -2.24. The Morgan fingerprint density at radius 2 is 2.06 bits per heavy atom. The van der Waals surface area contributed by atoms with Crippen molar-refractivity contribution in [3.8, 4) is 0 Å². The van der Waals surface area contributed by atoms with Crippen LogP contribution in [-0.4, -0.2) is 26.6 Å². The summed E-state index contributed by atoms with van der Waals surface area (Å²) < 4.78 is 11.3. The maximum absolute atomic E-state index is 6.14. The smallest absolute Gasteiger partial charge is 0.173 e. The number of nitrogens with one attached hydrogen (secondary N) is 1. The molecule has 3 N–H and O–H groups in total. The van der Waals surface area contributed by atoms with Crippen LogP contribution >= 0.6 is 27.5 Å². The Labute approximate surface area is 115 Å². The first-order chi connectivity index (χ1) is 8.12. The molecule has 0 aliphatic heterocycles. The topological polar surface area (TPSA) is 56.5 Å². The van der Waals surface area contributed by atoms with E-state index in [-0.39, 0.29) is 6.04 Å². The highest BCUT2D eigenvalue weighted by Crippen LogP contribution is 2.23. The van der Waals surface area contributed by atoms with Crippen molar-refractivity contribution in [2.45, 2.75) is 18.8 Å².